The largest absolute Gasteiger partial charge is 0.338 e. The van der Waals surface area contributed by atoms with Gasteiger partial charge in [0.25, 0.3) is 5.56 Å². The van der Waals surface area contributed by atoms with Crippen molar-refractivity contribution in [2.24, 2.45) is 0 Å². The molecule has 1 N–H and O–H groups in total. The fourth-order valence-corrected chi connectivity index (χ4v) is 2.94. The van der Waals surface area contributed by atoms with Crippen LogP contribution in [0, 0.1) is 6.92 Å². The van der Waals surface area contributed by atoms with Crippen molar-refractivity contribution in [2.45, 2.75) is 6.92 Å². The average molecular weight is 334 g/mol. The van der Waals surface area contributed by atoms with Crippen LogP contribution in [-0.2, 0) is 0 Å². The highest BCUT2D eigenvalue weighted by Gasteiger charge is 2.13. The first kappa shape index (κ1) is 15.2. The van der Waals surface area contributed by atoms with Crippen molar-refractivity contribution in [2.75, 3.05) is 19.1 Å². The molecule has 0 unspecified atom stereocenters. The molecule has 25 heavy (non-hydrogen) atoms. The van der Waals surface area contributed by atoms with Gasteiger partial charge in [-0.2, -0.15) is 0 Å². The third-order valence-corrected chi connectivity index (χ3v) is 4.18. The summed E-state index contributed by atoms with van der Waals surface area (Å²) in [5.74, 6) is 0.571. The van der Waals surface area contributed by atoms with Gasteiger partial charge in [-0.3, -0.25) is 4.79 Å². The molecule has 0 amide bonds. The minimum Gasteiger partial charge on any atom is -0.338 e. The summed E-state index contributed by atoms with van der Waals surface area (Å²) in [6.45, 7) is 2.01. The molecule has 4 aromatic rings. The van der Waals surface area contributed by atoms with Crippen LogP contribution in [0.5, 0.6) is 0 Å². The van der Waals surface area contributed by atoms with Crippen LogP contribution < -0.4 is 10.6 Å². The maximum Gasteiger partial charge on any atom is 0.279 e. The Morgan fingerprint density at radius 2 is 2.04 bits per heavy atom. The molecule has 0 atom stereocenters. The van der Waals surface area contributed by atoms with Crippen molar-refractivity contribution >= 4 is 11.0 Å². The summed E-state index contributed by atoms with van der Waals surface area (Å²) in [4.78, 5) is 24.7. The lowest BCUT2D eigenvalue weighted by Crippen LogP contribution is -2.36. The predicted octanol–water partition coefficient (Wildman–Crippen LogP) is 2.08. The topological polar surface area (TPSA) is 71.7 Å². The Morgan fingerprint density at radius 1 is 1.20 bits per heavy atom. The van der Waals surface area contributed by atoms with Gasteiger partial charge in [-0.25, -0.2) is 14.6 Å². The van der Waals surface area contributed by atoms with Crippen LogP contribution in [0.1, 0.15) is 5.56 Å². The molecule has 3 aromatic heterocycles. The van der Waals surface area contributed by atoms with Gasteiger partial charge in [0.2, 0.25) is 0 Å². The molecule has 126 valence electrons. The Kier molecular flexibility index (Phi) is 3.42. The zero-order valence-electron chi connectivity index (χ0n) is 14.3. The number of rotatable bonds is 3. The van der Waals surface area contributed by atoms with Gasteiger partial charge >= 0.3 is 0 Å². The van der Waals surface area contributed by atoms with Gasteiger partial charge in [-0.1, -0.05) is 0 Å². The second-order valence-electron chi connectivity index (χ2n) is 6.13. The third-order valence-electron chi connectivity index (χ3n) is 4.18. The number of pyridine rings is 1. The van der Waals surface area contributed by atoms with E-state index in [1.54, 1.807) is 34.5 Å². The van der Waals surface area contributed by atoms with E-state index in [-0.39, 0.29) is 5.56 Å². The second kappa shape index (κ2) is 5.62. The maximum atomic E-state index is 12.7. The number of aryl methyl sites for hydroxylation is 1. The van der Waals surface area contributed by atoms with Crippen LogP contribution in [0.3, 0.4) is 0 Å². The zero-order chi connectivity index (χ0) is 17.6. The minimum absolute atomic E-state index is 0.112. The van der Waals surface area contributed by atoms with E-state index in [1.165, 1.54) is 0 Å². The summed E-state index contributed by atoms with van der Waals surface area (Å²) in [5, 5.41) is 1.73. The highest BCUT2D eigenvalue weighted by atomic mass is 16.1. The van der Waals surface area contributed by atoms with Crippen LogP contribution in [0.15, 0.2) is 54.0 Å². The highest BCUT2D eigenvalue weighted by molar-refractivity contribution is 5.84. The smallest absolute Gasteiger partial charge is 0.279 e. The summed E-state index contributed by atoms with van der Waals surface area (Å²) in [5.41, 5.74) is 4.20. The van der Waals surface area contributed by atoms with Crippen molar-refractivity contribution in [3.63, 3.8) is 0 Å². The quantitative estimate of drug-likeness (QED) is 0.623. The van der Waals surface area contributed by atoms with Crippen molar-refractivity contribution in [1.82, 2.24) is 24.2 Å². The molecule has 7 nitrogen and oxygen atoms in total. The van der Waals surface area contributed by atoms with Crippen molar-refractivity contribution in [3.05, 3.63) is 65.1 Å². The van der Waals surface area contributed by atoms with Crippen LogP contribution >= 0.6 is 0 Å². The molecule has 0 saturated carbocycles. The molecular formula is C18H18N6O. The summed E-state index contributed by atoms with van der Waals surface area (Å²) in [6, 6.07) is 7.69. The first-order valence-electron chi connectivity index (χ1n) is 7.93. The van der Waals surface area contributed by atoms with Crippen molar-refractivity contribution in [3.8, 4) is 17.1 Å². The number of aromatic amines is 1. The normalized spacial score (nSPS) is 11.2. The molecule has 0 saturated heterocycles. The van der Waals surface area contributed by atoms with E-state index in [0.29, 0.717) is 11.4 Å². The second-order valence-corrected chi connectivity index (χ2v) is 6.13. The maximum absolute atomic E-state index is 12.7. The predicted molar refractivity (Wildman–Crippen MR) is 97.7 cm³/mol. The SMILES string of the molecule is Cc1cc(-n2ccnc2)cc2[nH]c(-c3cccn(N(C)C)c3=O)nc12. The first-order valence-corrected chi connectivity index (χ1v) is 7.93. The molecule has 0 bridgehead atoms. The zero-order valence-corrected chi connectivity index (χ0v) is 14.3. The first-order chi connectivity index (χ1) is 12.0. The molecule has 0 fully saturated rings. The Morgan fingerprint density at radius 3 is 2.76 bits per heavy atom. The summed E-state index contributed by atoms with van der Waals surface area (Å²) in [7, 11) is 3.65. The summed E-state index contributed by atoms with van der Waals surface area (Å²) >= 11 is 0. The van der Waals surface area contributed by atoms with E-state index in [2.05, 4.69) is 21.0 Å². The number of H-pyrrole nitrogens is 1. The summed E-state index contributed by atoms with van der Waals surface area (Å²) in [6.07, 6.45) is 7.12. The Bertz CT molecular complexity index is 1100. The number of nitrogens with zero attached hydrogens (tertiary/aromatic N) is 5. The fraction of sp³-hybridized carbons (Fsp3) is 0.167. The molecule has 0 radical (unpaired) electrons. The Hall–Kier alpha value is -3.35. The Balaban J connectivity index is 1.89. The van der Waals surface area contributed by atoms with E-state index >= 15 is 0 Å². The van der Waals surface area contributed by atoms with E-state index in [9.17, 15) is 4.79 Å². The van der Waals surface area contributed by atoms with Crippen LogP contribution in [0.25, 0.3) is 28.1 Å². The number of hydrogen-bond donors (Lipinski definition) is 1. The lowest BCUT2D eigenvalue weighted by atomic mass is 10.2. The number of hydrogen-bond acceptors (Lipinski definition) is 4. The molecule has 0 aliphatic heterocycles. The molecule has 4 rings (SSSR count). The Labute approximate surface area is 144 Å². The van der Waals surface area contributed by atoms with Gasteiger partial charge in [0.15, 0.2) is 0 Å². The van der Waals surface area contributed by atoms with Crippen LogP contribution in [0.4, 0.5) is 0 Å². The van der Waals surface area contributed by atoms with Gasteiger partial charge in [0.1, 0.15) is 5.82 Å². The molecule has 0 aliphatic carbocycles. The lowest BCUT2D eigenvalue weighted by molar-refractivity contribution is 0.701. The average Bonchev–Trinajstić information content (AvgIpc) is 3.24. The molecule has 1 aromatic carbocycles. The van der Waals surface area contributed by atoms with Crippen LogP contribution in [0.2, 0.25) is 0 Å². The van der Waals surface area contributed by atoms with Gasteiger partial charge in [-0.05, 0) is 36.8 Å². The molecule has 0 aliphatic rings. The van der Waals surface area contributed by atoms with Gasteiger partial charge < -0.3 is 14.6 Å². The number of benzene rings is 1. The van der Waals surface area contributed by atoms with Crippen molar-refractivity contribution in [1.29, 1.82) is 0 Å². The van der Waals surface area contributed by atoms with Gasteiger partial charge in [0.05, 0.1) is 22.9 Å². The van der Waals surface area contributed by atoms with Crippen LogP contribution in [-0.4, -0.2) is 38.3 Å². The highest BCUT2D eigenvalue weighted by Crippen LogP contribution is 2.24. The number of nitrogens with one attached hydrogen (secondary N) is 1. The fourth-order valence-electron chi connectivity index (χ4n) is 2.94. The molecule has 7 heteroatoms. The third kappa shape index (κ3) is 2.50. The minimum atomic E-state index is -0.112. The number of imidazole rings is 2. The van der Waals surface area contributed by atoms with E-state index in [1.807, 2.05) is 43.9 Å². The molecule has 0 spiro atoms. The standard InChI is InChI=1S/C18H18N6O/c1-12-9-13(23-8-6-19-11-23)10-15-16(12)21-17(20-15)14-5-4-7-24(18(14)25)22(2)3/h4-11H,1-3H3,(H,20,21). The lowest BCUT2D eigenvalue weighted by Gasteiger charge is -2.15. The molecule has 3 heterocycles. The van der Waals surface area contributed by atoms with Crippen molar-refractivity contribution < 1.29 is 0 Å². The summed E-state index contributed by atoms with van der Waals surface area (Å²) < 4.78 is 3.49. The van der Waals surface area contributed by atoms with E-state index in [0.717, 1.165) is 22.3 Å². The van der Waals surface area contributed by atoms with E-state index < -0.39 is 0 Å². The number of fused-ring (bicyclic) bond motifs is 1. The monoisotopic (exact) mass is 334 g/mol. The molecular weight excluding hydrogens is 316 g/mol. The van der Waals surface area contributed by atoms with E-state index in [4.69, 9.17) is 0 Å². The van der Waals surface area contributed by atoms with Gasteiger partial charge in [-0.15, -0.1) is 0 Å². The van der Waals surface area contributed by atoms with Gasteiger partial charge in [0, 0.05) is 38.4 Å². The number of aromatic nitrogens is 5.